The first kappa shape index (κ1) is 11.6. The quantitative estimate of drug-likeness (QED) is 0.689. The Morgan fingerprint density at radius 2 is 1.89 bits per heavy atom. The average Bonchev–Trinajstić information content (AvgIpc) is 2.74. The molecule has 0 amide bonds. The van der Waals surface area contributed by atoms with E-state index in [1.165, 1.54) is 5.56 Å². The van der Waals surface area contributed by atoms with Gasteiger partial charge >= 0.3 is 5.69 Å². The van der Waals surface area contributed by atoms with Gasteiger partial charge in [0.15, 0.2) is 0 Å². The number of nitrogens with one attached hydrogen (secondary N) is 1. The SMILES string of the molecule is CCc1ccc(-n2c(=O)[nH]c3ccc(N)cc32)cc1. The molecule has 0 aliphatic heterocycles. The summed E-state index contributed by atoms with van der Waals surface area (Å²) >= 11 is 0. The van der Waals surface area contributed by atoms with Gasteiger partial charge in [-0.1, -0.05) is 19.1 Å². The molecule has 3 rings (SSSR count). The first-order valence-electron chi connectivity index (χ1n) is 6.28. The lowest BCUT2D eigenvalue weighted by atomic mass is 10.1. The van der Waals surface area contributed by atoms with Gasteiger partial charge in [-0.05, 0) is 42.3 Å². The van der Waals surface area contributed by atoms with E-state index in [1.54, 1.807) is 16.7 Å². The minimum absolute atomic E-state index is 0.148. The largest absolute Gasteiger partial charge is 0.399 e. The Bertz CT molecular complexity index is 781. The molecule has 0 atom stereocenters. The van der Waals surface area contributed by atoms with E-state index in [2.05, 4.69) is 11.9 Å². The van der Waals surface area contributed by atoms with E-state index in [9.17, 15) is 4.79 Å². The highest BCUT2D eigenvalue weighted by molar-refractivity contribution is 5.80. The van der Waals surface area contributed by atoms with Crippen molar-refractivity contribution in [1.29, 1.82) is 0 Å². The number of fused-ring (bicyclic) bond motifs is 1. The van der Waals surface area contributed by atoms with Crippen molar-refractivity contribution in [1.82, 2.24) is 9.55 Å². The maximum absolute atomic E-state index is 12.1. The first-order chi connectivity index (χ1) is 9.19. The van der Waals surface area contributed by atoms with Crippen LogP contribution in [0.25, 0.3) is 16.7 Å². The fourth-order valence-corrected chi connectivity index (χ4v) is 2.26. The number of H-pyrrole nitrogens is 1. The number of benzene rings is 2. The third-order valence-corrected chi connectivity index (χ3v) is 3.31. The predicted molar refractivity (Wildman–Crippen MR) is 77.7 cm³/mol. The summed E-state index contributed by atoms with van der Waals surface area (Å²) in [7, 11) is 0. The molecule has 19 heavy (non-hydrogen) atoms. The standard InChI is InChI=1S/C15H15N3O/c1-2-10-3-6-12(7-4-10)18-14-9-11(16)5-8-13(14)17-15(18)19/h3-9H,2,16H2,1H3,(H,17,19). The number of imidazole rings is 1. The fraction of sp³-hybridized carbons (Fsp3) is 0.133. The van der Waals surface area contributed by atoms with Crippen LogP contribution >= 0.6 is 0 Å². The maximum Gasteiger partial charge on any atom is 0.331 e. The van der Waals surface area contributed by atoms with Crippen molar-refractivity contribution in [2.45, 2.75) is 13.3 Å². The summed E-state index contributed by atoms with van der Waals surface area (Å²) in [6.45, 7) is 2.10. The van der Waals surface area contributed by atoms with Crippen molar-refractivity contribution < 1.29 is 0 Å². The molecule has 0 fully saturated rings. The molecule has 3 aromatic rings. The molecule has 2 aromatic carbocycles. The molecule has 0 unspecified atom stereocenters. The molecule has 3 N–H and O–H groups in total. The molecule has 1 aromatic heterocycles. The number of aromatic amines is 1. The van der Waals surface area contributed by atoms with Gasteiger partial charge in [-0.3, -0.25) is 4.57 Å². The summed E-state index contributed by atoms with van der Waals surface area (Å²) < 4.78 is 1.64. The number of aryl methyl sites for hydroxylation is 1. The van der Waals surface area contributed by atoms with Gasteiger partial charge in [-0.2, -0.15) is 0 Å². The van der Waals surface area contributed by atoms with Crippen LogP contribution in [0.15, 0.2) is 47.3 Å². The van der Waals surface area contributed by atoms with Crippen LogP contribution in [0, 0.1) is 0 Å². The van der Waals surface area contributed by atoms with Gasteiger partial charge in [-0.25, -0.2) is 4.79 Å². The zero-order valence-corrected chi connectivity index (χ0v) is 10.7. The summed E-state index contributed by atoms with van der Waals surface area (Å²) in [6.07, 6.45) is 0.982. The van der Waals surface area contributed by atoms with Crippen molar-refractivity contribution >= 4 is 16.7 Å². The summed E-state index contributed by atoms with van der Waals surface area (Å²) in [4.78, 5) is 14.9. The van der Waals surface area contributed by atoms with E-state index < -0.39 is 0 Å². The molecule has 0 saturated carbocycles. The predicted octanol–water partition coefficient (Wildman–Crippen LogP) is 2.46. The number of aromatic nitrogens is 2. The molecule has 1 heterocycles. The monoisotopic (exact) mass is 253 g/mol. The van der Waals surface area contributed by atoms with E-state index in [1.807, 2.05) is 30.3 Å². The summed E-state index contributed by atoms with van der Waals surface area (Å²) in [6, 6.07) is 13.4. The van der Waals surface area contributed by atoms with Gasteiger partial charge in [-0.15, -0.1) is 0 Å². The van der Waals surface area contributed by atoms with E-state index in [-0.39, 0.29) is 5.69 Å². The van der Waals surface area contributed by atoms with Crippen LogP contribution in [0.3, 0.4) is 0 Å². The zero-order chi connectivity index (χ0) is 13.4. The van der Waals surface area contributed by atoms with Crippen LogP contribution in [0.1, 0.15) is 12.5 Å². The van der Waals surface area contributed by atoms with Gasteiger partial charge in [0.1, 0.15) is 0 Å². The number of hydrogen-bond acceptors (Lipinski definition) is 2. The number of nitrogen functional groups attached to an aromatic ring is 1. The van der Waals surface area contributed by atoms with Crippen molar-refractivity contribution in [2.24, 2.45) is 0 Å². The second kappa shape index (κ2) is 4.31. The normalized spacial score (nSPS) is 11.0. The van der Waals surface area contributed by atoms with E-state index in [4.69, 9.17) is 5.73 Å². The minimum atomic E-state index is -0.148. The van der Waals surface area contributed by atoms with Crippen LogP contribution in [0.2, 0.25) is 0 Å². The number of rotatable bonds is 2. The molecule has 4 heteroatoms. The Morgan fingerprint density at radius 1 is 1.16 bits per heavy atom. The Morgan fingerprint density at radius 3 is 2.58 bits per heavy atom. The molecule has 0 aliphatic carbocycles. The lowest BCUT2D eigenvalue weighted by Crippen LogP contribution is -2.14. The van der Waals surface area contributed by atoms with E-state index >= 15 is 0 Å². The first-order valence-corrected chi connectivity index (χ1v) is 6.28. The van der Waals surface area contributed by atoms with Crippen molar-refractivity contribution in [3.05, 3.63) is 58.5 Å². The van der Waals surface area contributed by atoms with Crippen LogP contribution in [-0.4, -0.2) is 9.55 Å². The molecular formula is C15H15N3O. The van der Waals surface area contributed by atoms with Crippen LogP contribution in [0.5, 0.6) is 0 Å². The molecule has 0 saturated heterocycles. The summed E-state index contributed by atoms with van der Waals surface area (Å²) in [5.74, 6) is 0. The number of anilines is 1. The van der Waals surface area contributed by atoms with Gasteiger partial charge < -0.3 is 10.7 Å². The van der Waals surface area contributed by atoms with Gasteiger partial charge in [0.25, 0.3) is 0 Å². The van der Waals surface area contributed by atoms with Crippen LogP contribution in [-0.2, 0) is 6.42 Å². The highest BCUT2D eigenvalue weighted by Crippen LogP contribution is 2.18. The van der Waals surface area contributed by atoms with Crippen molar-refractivity contribution in [3.63, 3.8) is 0 Å². The molecule has 0 aliphatic rings. The smallest absolute Gasteiger partial charge is 0.331 e. The van der Waals surface area contributed by atoms with Crippen LogP contribution < -0.4 is 11.4 Å². The topological polar surface area (TPSA) is 63.8 Å². The molecule has 0 radical (unpaired) electrons. The zero-order valence-electron chi connectivity index (χ0n) is 10.7. The Kier molecular flexibility index (Phi) is 2.63. The van der Waals surface area contributed by atoms with E-state index in [0.717, 1.165) is 23.1 Å². The lowest BCUT2D eigenvalue weighted by molar-refractivity contribution is 1.01. The molecule has 96 valence electrons. The number of nitrogens with zero attached hydrogens (tertiary/aromatic N) is 1. The summed E-state index contributed by atoms with van der Waals surface area (Å²) in [5.41, 5.74) is 9.98. The number of nitrogens with two attached hydrogens (primary N) is 1. The Hall–Kier alpha value is -2.49. The van der Waals surface area contributed by atoms with E-state index in [0.29, 0.717) is 5.69 Å². The summed E-state index contributed by atoms with van der Waals surface area (Å²) in [5, 5.41) is 0. The third-order valence-electron chi connectivity index (χ3n) is 3.31. The Labute approximate surface area is 110 Å². The third kappa shape index (κ3) is 1.91. The molecule has 0 bridgehead atoms. The highest BCUT2D eigenvalue weighted by atomic mass is 16.1. The molecular weight excluding hydrogens is 238 g/mol. The molecule has 0 spiro atoms. The highest BCUT2D eigenvalue weighted by Gasteiger charge is 2.08. The van der Waals surface area contributed by atoms with Gasteiger partial charge in [0, 0.05) is 5.69 Å². The second-order valence-corrected chi connectivity index (χ2v) is 4.56. The lowest BCUT2D eigenvalue weighted by Gasteiger charge is -2.05. The fourth-order valence-electron chi connectivity index (χ4n) is 2.26. The Balaban J connectivity index is 2.25. The van der Waals surface area contributed by atoms with Crippen LogP contribution in [0.4, 0.5) is 5.69 Å². The second-order valence-electron chi connectivity index (χ2n) is 4.56. The minimum Gasteiger partial charge on any atom is -0.399 e. The molecule has 4 nitrogen and oxygen atoms in total. The maximum atomic E-state index is 12.1. The number of hydrogen-bond donors (Lipinski definition) is 2. The van der Waals surface area contributed by atoms with Gasteiger partial charge in [0.05, 0.1) is 16.7 Å². The van der Waals surface area contributed by atoms with Crippen molar-refractivity contribution in [2.75, 3.05) is 5.73 Å². The average molecular weight is 253 g/mol. The van der Waals surface area contributed by atoms with Crippen molar-refractivity contribution in [3.8, 4) is 5.69 Å². The van der Waals surface area contributed by atoms with Gasteiger partial charge in [0.2, 0.25) is 0 Å².